The van der Waals surface area contributed by atoms with Crippen LogP contribution in [-0.4, -0.2) is 59.4 Å². The maximum absolute atomic E-state index is 12.2. The molecule has 1 saturated heterocycles. The molecular formula is C19H26N4O. The summed E-state index contributed by atoms with van der Waals surface area (Å²) in [7, 11) is 4.06. The Morgan fingerprint density at radius 3 is 2.71 bits per heavy atom. The molecular weight excluding hydrogens is 300 g/mol. The zero-order valence-corrected chi connectivity index (χ0v) is 14.7. The Morgan fingerprint density at radius 1 is 1.29 bits per heavy atom. The lowest BCUT2D eigenvalue weighted by Crippen LogP contribution is -2.32. The molecule has 5 nitrogen and oxygen atoms in total. The molecule has 1 aliphatic rings. The van der Waals surface area contributed by atoms with E-state index in [1.807, 2.05) is 25.2 Å². The summed E-state index contributed by atoms with van der Waals surface area (Å²) < 4.78 is 0. The average molecular weight is 326 g/mol. The molecule has 24 heavy (non-hydrogen) atoms. The second-order valence-corrected chi connectivity index (χ2v) is 6.78. The SMILES string of the molecule is CCc1ccc(-c2cnc(C3CC(=O)N(CCN(C)C)C3)[nH]2)cc1. The fraction of sp³-hybridized carbons (Fsp3) is 0.474. The Morgan fingerprint density at radius 2 is 2.04 bits per heavy atom. The maximum Gasteiger partial charge on any atom is 0.223 e. The van der Waals surface area contributed by atoms with E-state index in [4.69, 9.17) is 0 Å². The van der Waals surface area contributed by atoms with Crippen molar-refractivity contribution in [1.29, 1.82) is 0 Å². The lowest BCUT2D eigenvalue weighted by Gasteiger charge is -2.18. The van der Waals surface area contributed by atoms with Crippen LogP contribution >= 0.6 is 0 Å². The van der Waals surface area contributed by atoms with E-state index in [2.05, 4.69) is 46.1 Å². The van der Waals surface area contributed by atoms with E-state index in [1.54, 1.807) is 0 Å². The van der Waals surface area contributed by atoms with E-state index in [0.717, 1.165) is 43.1 Å². The van der Waals surface area contributed by atoms with Gasteiger partial charge in [0.2, 0.25) is 5.91 Å². The van der Waals surface area contributed by atoms with Crippen molar-refractivity contribution in [3.8, 4) is 11.3 Å². The Labute approximate surface area is 143 Å². The van der Waals surface area contributed by atoms with Crippen molar-refractivity contribution in [3.05, 3.63) is 41.9 Å². The van der Waals surface area contributed by atoms with Crippen LogP contribution in [0, 0.1) is 0 Å². The van der Waals surface area contributed by atoms with Gasteiger partial charge in [-0.2, -0.15) is 0 Å². The third-order valence-electron chi connectivity index (χ3n) is 4.69. The molecule has 3 rings (SSSR count). The first kappa shape index (κ1) is 16.7. The van der Waals surface area contributed by atoms with Crippen molar-refractivity contribution in [2.45, 2.75) is 25.7 Å². The fourth-order valence-electron chi connectivity index (χ4n) is 3.10. The lowest BCUT2D eigenvalue weighted by molar-refractivity contribution is -0.127. The Balaban J connectivity index is 1.68. The molecule has 2 aromatic rings. The standard InChI is InChI=1S/C19H26N4O/c1-4-14-5-7-15(8-6-14)17-12-20-19(21-17)16-11-18(24)23(13-16)10-9-22(2)3/h5-8,12,16H,4,9-11,13H2,1-3H3,(H,20,21). The number of rotatable bonds is 6. The summed E-state index contributed by atoms with van der Waals surface area (Å²) in [5.74, 6) is 1.32. The Bertz CT molecular complexity index is 690. The minimum atomic E-state index is 0.170. The number of aromatic nitrogens is 2. The number of imidazole rings is 1. The molecule has 1 aliphatic heterocycles. The van der Waals surface area contributed by atoms with Crippen LogP contribution in [0.25, 0.3) is 11.3 Å². The monoisotopic (exact) mass is 326 g/mol. The molecule has 128 valence electrons. The largest absolute Gasteiger partial charge is 0.342 e. The van der Waals surface area contributed by atoms with Crippen LogP contribution in [0.4, 0.5) is 0 Å². The average Bonchev–Trinajstić information content (AvgIpc) is 3.20. The van der Waals surface area contributed by atoms with Gasteiger partial charge >= 0.3 is 0 Å². The van der Waals surface area contributed by atoms with Gasteiger partial charge in [0.1, 0.15) is 5.82 Å². The Hall–Kier alpha value is -2.14. The van der Waals surface area contributed by atoms with Crippen molar-refractivity contribution in [2.75, 3.05) is 33.7 Å². The maximum atomic E-state index is 12.2. The van der Waals surface area contributed by atoms with Crippen LogP contribution in [-0.2, 0) is 11.2 Å². The van der Waals surface area contributed by atoms with Gasteiger partial charge in [-0.05, 0) is 31.6 Å². The highest BCUT2D eigenvalue weighted by Gasteiger charge is 2.32. The number of hydrogen-bond donors (Lipinski definition) is 1. The third-order valence-corrected chi connectivity index (χ3v) is 4.69. The van der Waals surface area contributed by atoms with Crippen LogP contribution in [0.3, 0.4) is 0 Å². The van der Waals surface area contributed by atoms with Crippen LogP contribution in [0.1, 0.15) is 30.7 Å². The number of aryl methyl sites for hydroxylation is 1. The molecule has 0 aliphatic carbocycles. The minimum Gasteiger partial charge on any atom is -0.342 e. The van der Waals surface area contributed by atoms with Gasteiger partial charge in [0.15, 0.2) is 0 Å². The highest BCUT2D eigenvalue weighted by atomic mass is 16.2. The summed E-state index contributed by atoms with van der Waals surface area (Å²) >= 11 is 0. The van der Waals surface area contributed by atoms with Crippen LogP contribution < -0.4 is 0 Å². The normalized spacial score (nSPS) is 17.9. The number of carbonyl (C=O) groups is 1. The molecule has 1 fully saturated rings. The van der Waals surface area contributed by atoms with Gasteiger partial charge in [0.25, 0.3) is 0 Å². The molecule has 2 heterocycles. The van der Waals surface area contributed by atoms with Gasteiger partial charge in [-0.15, -0.1) is 0 Å². The number of nitrogens with one attached hydrogen (secondary N) is 1. The molecule has 1 atom stereocenters. The quantitative estimate of drug-likeness (QED) is 0.887. The molecule has 0 radical (unpaired) electrons. The number of amides is 1. The fourth-order valence-corrected chi connectivity index (χ4v) is 3.10. The zero-order chi connectivity index (χ0) is 17.1. The molecule has 1 unspecified atom stereocenters. The summed E-state index contributed by atoms with van der Waals surface area (Å²) in [4.78, 5) is 24.2. The van der Waals surface area contributed by atoms with E-state index in [-0.39, 0.29) is 11.8 Å². The van der Waals surface area contributed by atoms with Crippen LogP contribution in [0.2, 0.25) is 0 Å². The molecule has 5 heteroatoms. The number of likely N-dealkylation sites (tertiary alicyclic amines) is 1. The molecule has 1 aromatic heterocycles. The summed E-state index contributed by atoms with van der Waals surface area (Å²) in [6.45, 7) is 4.59. The zero-order valence-electron chi connectivity index (χ0n) is 14.7. The summed E-state index contributed by atoms with van der Waals surface area (Å²) in [5, 5.41) is 0. The number of likely N-dealkylation sites (N-methyl/N-ethyl adjacent to an activating group) is 1. The molecule has 1 N–H and O–H groups in total. The molecule has 0 bridgehead atoms. The summed E-state index contributed by atoms with van der Waals surface area (Å²) in [6.07, 6.45) is 3.47. The van der Waals surface area contributed by atoms with Gasteiger partial charge in [0, 0.05) is 32.0 Å². The van der Waals surface area contributed by atoms with Gasteiger partial charge < -0.3 is 14.8 Å². The van der Waals surface area contributed by atoms with Crippen molar-refractivity contribution in [3.63, 3.8) is 0 Å². The number of benzene rings is 1. The van der Waals surface area contributed by atoms with E-state index in [0.29, 0.717) is 6.42 Å². The highest BCUT2D eigenvalue weighted by molar-refractivity contribution is 5.79. The number of carbonyl (C=O) groups excluding carboxylic acids is 1. The molecule has 0 saturated carbocycles. The minimum absolute atomic E-state index is 0.170. The van der Waals surface area contributed by atoms with Crippen molar-refractivity contribution in [2.24, 2.45) is 0 Å². The van der Waals surface area contributed by atoms with E-state index in [1.165, 1.54) is 5.56 Å². The predicted octanol–water partition coefficient (Wildman–Crippen LogP) is 2.52. The number of nitrogens with zero attached hydrogens (tertiary/aromatic N) is 3. The van der Waals surface area contributed by atoms with Crippen molar-refractivity contribution < 1.29 is 4.79 Å². The van der Waals surface area contributed by atoms with E-state index < -0.39 is 0 Å². The third kappa shape index (κ3) is 3.67. The topological polar surface area (TPSA) is 52.2 Å². The smallest absolute Gasteiger partial charge is 0.223 e. The first-order valence-electron chi connectivity index (χ1n) is 8.63. The second-order valence-electron chi connectivity index (χ2n) is 6.78. The van der Waals surface area contributed by atoms with Gasteiger partial charge in [0.05, 0.1) is 11.9 Å². The van der Waals surface area contributed by atoms with Crippen molar-refractivity contribution >= 4 is 5.91 Å². The molecule has 1 amide bonds. The number of aromatic amines is 1. The molecule has 1 aromatic carbocycles. The van der Waals surface area contributed by atoms with Crippen LogP contribution in [0.15, 0.2) is 30.5 Å². The van der Waals surface area contributed by atoms with E-state index in [9.17, 15) is 4.79 Å². The van der Waals surface area contributed by atoms with Crippen molar-refractivity contribution in [1.82, 2.24) is 19.8 Å². The first-order valence-corrected chi connectivity index (χ1v) is 8.63. The lowest BCUT2D eigenvalue weighted by atomic mass is 10.1. The number of hydrogen-bond acceptors (Lipinski definition) is 3. The first-order chi connectivity index (χ1) is 11.6. The number of H-pyrrole nitrogens is 1. The van der Waals surface area contributed by atoms with E-state index >= 15 is 0 Å². The highest BCUT2D eigenvalue weighted by Crippen LogP contribution is 2.28. The van der Waals surface area contributed by atoms with Gasteiger partial charge in [-0.1, -0.05) is 31.2 Å². The Kier molecular flexibility index (Phi) is 5.00. The van der Waals surface area contributed by atoms with Gasteiger partial charge in [-0.3, -0.25) is 4.79 Å². The van der Waals surface area contributed by atoms with Gasteiger partial charge in [-0.25, -0.2) is 4.98 Å². The second kappa shape index (κ2) is 7.18. The summed E-state index contributed by atoms with van der Waals surface area (Å²) in [5.41, 5.74) is 3.49. The molecule has 0 spiro atoms. The summed E-state index contributed by atoms with van der Waals surface area (Å²) in [6, 6.07) is 8.55. The predicted molar refractivity (Wildman–Crippen MR) is 95.9 cm³/mol. The van der Waals surface area contributed by atoms with Crippen LogP contribution in [0.5, 0.6) is 0 Å².